The molecule has 0 aromatic carbocycles. The van der Waals surface area contributed by atoms with Crippen LogP contribution in [0.4, 0.5) is 0 Å². The molecule has 0 radical (unpaired) electrons. The van der Waals surface area contributed by atoms with E-state index in [0.717, 1.165) is 16.0 Å². The van der Waals surface area contributed by atoms with E-state index >= 15 is 0 Å². The van der Waals surface area contributed by atoms with Crippen molar-refractivity contribution < 1.29 is 0 Å². The minimum atomic E-state index is -0.510. The second-order valence-electron chi connectivity index (χ2n) is 1.98. The molecule has 0 aliphatic heterocycles. The number of rotatable bonds is 1. The molecule has 0 saturated heterocycles. The van der Waals surface area contributed by atoms with Gasteiger partial charge in [-0.1, -0.05) is 34.5 Å². The number of H-pyrrole nitrogens is 1. The van der Waals surface area contributed by atoms with Gasteiger partial charge in [0.15, 0.2) is 10.3 Å². The quantitative estimate of drug-likeness (QED) is 0.793. The molecule has 0 aliphatic rings. The maximum Gasteiger partial charge on any atom is 0.367 e. The summed E-state index contributed by atoms with van der Waals surface area (Å²) in [4.78, 5) is 14.8. The molecule has 2 aromatic heterocycles. The van der Waals surface area contributed by atoms with E-state index in [2.05, 4.69) is 20.5 Å². The summed E-state index contributed by atoms with van der Waals surface area (Å²) in [7, 11) is 0. The van der Waals surface area contributed by atoms with Gasteiger partial charge < -0.3 is 0 Å². The first-order chi connectivity index (χ1) is 6.18. The molecule has 0 atom stereocenters. The van der Waals surface area contributed by atoms with E-state index in [-0.39, 0.29) is 10.3 Å². The van der Waals surface area contributed by atoms with Crippen molar-refractivity contribution >= 4 is 34.5 Å². The molecular formula is C4HCl2N5OS. The number of nitrogens with zero attached hydrogens (tertiary/aromatic N) is 4. The van der Waals surface area contributed by atoms with E-state index in [9.17, 15) is 4.79 Å². The number of nitrogens with one attached hydrogen (secondary N) is 1. The van der Waals surface area contributed by atoms with Crippen LogP contribution < -0.4 is 5.69 Å². The molecule has 2 rings (SSSR count). The van der Waals surface area contributed by atoms with E-state index < -0.39 is 5.69 Å². The number of aromatic nitrogens is 5. The fraction of sp³-hybridized carbons (Fsp3) is 0. The molecule has 1 N–H and O–H groups in total. The lowest BCUT2D eigenvalue weighted by Crippen LogP contribution is -2.16. The predicted octanol–water partition coefficient (Wildman–Crippen LogP) is 0.719. The third-order valence-electron chi connectivity index (χ3n) is 1.22. The van der Waals surface area contributed by atoms with E-state index in [1.165, 1.54) is 0 Å². The summed E-state index contributed by atoms with van der Waals surface area (Å²) in [6.45, 7) is 0. The maximum atomic E-state index is 11.0. The molecule has 0 bridgehead atoms. The van der Waals surface area contributed by atoms with Gasteiger partial charge >= 0.3 is 5.69 Å². The normalized spacial score (nSPS) is 10.6. The summed E-state index contributed by atoms with van der Waals surface area (Å²) in [5.74, 6) is 0.190. The number of aromatic amines is 1. The predicted molar refractivity (Wildman–Crippen MR) is 47.7 cm³/mol. The third-order valence-corrected chi connectivity index (χ3v) is 2.55. The number of halogens is 2. The van der Waals surface area contributed by atoms with Gasteiger partial charge in [0.25, 0.3) is 0 Å². The second-order valence-corrected chi connectivity index (χ2v) is 4.17. The molecule has 0 saturated carbocycles. The van der Waals surface area contributed by atoms with Crippen molar-refractivity contribution in [3.63, 3.8) is 0 Å². The Morgan fingerprint density at radius 3 is 2.69 bits per heavy atom. The Hall–Kier alpha value is -0.920. The molecule has 68 valence electrons. The van der Waals surface area contributed by atoms with Crippen LogP contribution in [0.15, 0.2) is 4.79 Å². The highest BCUT2D eigenvalue weighted by Gasteiger charge is 2.13. The Bertz CT molecular complexity index is 487. The fourth-order valence-electron chi connectivity index (χ4n) is 0.737. The van der Waals surface area contributed by atoms with Gasteiger partial charge in [-0.25, -0.2) is 14.9 Å². The first kappa shape index (κ1) is 8.67. The summed E-state index contributed by atoms with van der Waals surface area (Å²) in [5, 5.41) is 8.86. The van der Waals surface area contributed by atoms with Crippen LogP contribution in [0.1, 0.15) is 0 Å². The fourth-order valence-corrected chi connectivity index (χ4v) is 2.01. The zero-order chi connectivity index (χ0) is 9.42. The maximum absolute atomic E-state index is 11.0. The Morgan fingerprint density at radius 2 is 2.23 bits per heavy atom. The van der Waals surface area contributed by atoms with Gasteiger partial charge in [0.2, 0.25) is 0 Å². The van der Waals surface area contributed by atoms with Crippen LogP contribution in [0.2, 0.25) is 8.80 Å². The largest absolute Gasteiger partial charge is 0.367 e. The molecule has 0 aliphatic carbocycles. The smallest absolute Gasteiger partial charge is 0.244 e. The highest BCUT2D eigenvalue weighted by molar-refractivity contribution is 7.19. The lowest BCUT2D eigenvalue weighted by Gasteiger charge is -1.89. The average molecular weight is 238 g/mol. The van der Waals surface area contributed by atoms with E-state index in [1.807, 2.05) is 0 Å². The van der Waals surface area contributed by atoms with Gasteiger partial charge in [-0.3, -0.25) is 0 Å². The zero-order valence-corrected chi connectivity index (χ0v) is 8.19. The van der Waals surface area contributed by atoms with Gasteiger partial charge in [-0.2, -0.15) is 0 Å². The Kier molecular flexibility index (Phi) is 2.06. The molecule has 2 aromatic rings. The second kappa shape index (κ2) is 3.09. The lowest BCUT2D eigenvalue weighted by molar-refractivity contribution is 0.765. The van der Waals surface area contributed by atoms with Crippen molar-refractivity contribution in [2.24, 2.45) is 0 Å². The van der Waals surface area contributed by atoms with Crippen molar-refractivity contribution in [2.75, 3.05) is 0 Å². The van der Waals surface area contributed by atoms with Crippen molar-refractivity contribution in [3.8, 4) is 5.82 Å². The van der Waals surface area contributed by atoms with Crippen molar-refractivity contribution in [2.45, 2.75) is 0 Å². The van der Waals surface area contributed by atoms with Crippen LogP contribution in [-0.4, -0.2) is 25.2 Å². The summed E-state index contributed by atoms with van der Waals surface area (Å²) in [6.07, 6.45) is 0. The lowest BCUT2D eigenvalue weighted by atomic mass is 10.8. The minimum absolute atomic E-state index is 0.190. The first-order valence-electron chi connectivity index (χ1n) is 3.01. The summed E-state index contributed by atoms with van der Waals surface area (Å²) in [6, 6.07) is 0. The molecule has 13 heavy (non-hydrogen) atoms. The molecule has 2 heterocycles. The average Bonchev–Trinajstić information content (AvgIpc) is 2.58. The number of tetrazole rings is 1. The van der Waals surface area contributed by atoms with Crippen molar-refractivity contribution in [3.05, 3.63) is 19.3 Å². The molecule has 0 fully saturated rings. The topological polar surface area (TPSA) is 76.5 Å². The highest BCUT2D eigenvalue weighted by atomic mass is 35.5. The molecular weight excluding hydrogens is 237 g/mol. The monoisotopic (exact) mass is 237 g/mol. The summed E-state index contributed by atoms with van der Waals surface area (Å²) < 4.78 is 1.47. The van der Waals surface area contributed by atoms with Gasteiger partial charge in [-0.05, 0) is 10.4 Å². The Balaban J connectivity index is 2.65. The van der Waals surface area contributed by atoms with Crippen LogP contribution in [0, 0.1) is 0 Å². The van der Waals surface area contributed by atoms with Crippen LogP contribution in [0.3, 0.4) is 0 Å². The number of hydrogen-bond acceptors (Lipinski definition) is 5. The Morgan fingerprint density at radius 1 is 1.46 bits per heavy atom. The van der Waals surface area contributed by atoms with Crippen LogP contribution in [0.5, 0.6) is 0 Å². The van der Waals surface area contributed by atoms with E-state index in [1.54, 1.807) is 0 Å². The van der Waals surface area contributed by atoms with Crippen LogP contribution >= 0.6 is 34.5 Å². The molecule has 0 amide bonds. The Labute approximate surface area is 85.1 Å². The number of thiazole rings is 1. The van der Waals surface area contributed by atoms with E-state index in [4.69, 9.17) is 23.2 Å². The number of hydrogen-bond donors (Lipinski definition) is 1. The first-order valence-corrected chi connectivity index (χ1v) is 4.58. The van der Waals surface area contributed by atoms with Crippen LogP contribution in [-0.2, 0) is 0 Å². The van der Waals surface area contributed by atoms with Gasteiger partial charge in [-0.15, -0.1) is 4.68 Å². The standard InChI is InChI=1S/C4HCl2N5OS/c5-1-2(7-3(6)13-1)11-4(12)8-9-10-11/h(H,8,10,12). The molecule has 0 unspecified atom stereocenters. The zero-order valence-electron chi connectivity index (χ0n) is 5.86. The molecule has 9 heteroatoms. The highest BCUT2D eigenvalue weighted by Crippen LogP contribution is 2.28. The molecule has 6 nitrogen and oxygen atoms in total. The summed E-state index contributed by atoms with van der Waals surface area (Å²) >= 11 is 12.4. The van der Waals surface area contributed by atoms with E-state index in [0.29, 0.717) is 4.34 Å². The van der Waals surface area contributed by atoms with Crippen LogP contribution in [0.25, 0.3) is 5.82 Å². The van der Waals surface area contributed by atoms with Gasteiger partial charge in [0.1, 0.15) is 4.34 Å². The third kappa shape index (κ3) is 1.45. The van der Waals surface area contributed by atoms with Gasteiger partial charge in [0, 0.05) is 0 Å². The van der Waals surface area contributed by atoms with Crippen molar-refractivity contribution in [1.82, 2.24) is 25.2 Å². The molecule has 0 spiro atoms. The van der Waals surface area contributed by atoms with Gasteiger partial charge in [0.05, 0.1) is 0 Å². The SMILES string of the molecule is O=c1[nH]nnn1-c1nc(Cl)sc1Cl. The minimum Gasteiger partial charge on any atom is -0.244 e. The van der Waals surface area contributed by atoms with Crippen molar-refractivity contribution in [1.29, 1.82) is 0 Å². The summed E-state index contributed by atoms with van der Waals surface area (Å²) in [5.41, 5.74) is -0.510.